The lowest BCUT2D eigenvalue weighted by molar-refractivity contribution is 0.308. The number of nitrogens with zero attached hydrogens (tertiary/aromatic N) is 2. The second kappa shape index (κ2) is 7.65. The Kier molecular flexibility index (Phi) is 5.09. The molecule has 2 heterocycles. The van der Waals surface area contributed by atoms with E-state index in [4.69, 9.17) is 0 Å². The van der Waals surface area contributed by atoms with Crippen molar-refractivity contribution >= 4 is 10.9 Å². The van der Waals surface area contributed by atoms with E-state index < -0.39 is 0 Å². The molecule has 1 saturated heterocycles. The maximum atomic E-state index is 3.45. The first kappa shape index (κ1) is 17.3. The van der Waals surface area contributed by atoms with Crippen molar-refractivity contribution in [2.45, 2.75) is 39.4 Å². The number of hydrogen-bond donors (Lipinski definition) is 1. The van der Waals surface area contributed by atoms with Gasteiger partial charge in [-0.25, -0.2) is 0 Å². The predicted octanol–water partition coefficient (Wildman–Crippen LogP) is 4.70. The van der Waals surface area contributed by atoms with Gasteiger partial charge in [0.05, 0.1) is 0 Å². The Morgan fingerprint density at radius 3 is 2.42 bits per heavy atom. The van der Waals surface area contributed by atoms with E-state index in [2.05, 4.69) is 77.3 Å². The minimum atomic E-state index is 0.965. The third kappa shape index (κ3) is 3.84. The number of benzene rings is 2. The molecule has 1 N–H and O–H groups in total. The Balaban J connectivity index is 1.48. The van der Waals surface area contributed by atoms with Gasteiger partial charge in [0.25, 0.3) is 0 Å². The van der Waals surface area contributed by atoms with Crippen molar-refractivity contribution in [1.29, 1.82) is 0 Å². The number of nitrogens with one attached hydrogen (secondary N) is 1. The third-order valence-corrected chi connectivity index (χ3v) is 5.48. The molecule has 0 spiro atoms. The maximum Gasteiger partial charge on any atom is 0.0459 e. The lowest BCUT2D eigenvalue weighted by atomic mass is 10.1. The van der Waals surface area contributed by atoms with Gasteiger partial charge in [0.1, 0.15) is 0 Å². The number of aryl methyl sites for hydroxylation is 1. The number of likely N-dealkylation sites (tertiary alicyclic amines) is 1. The van der Waals surface area contributed by atoms with Crippen molar-refractivity contribution in [3.8, 4) is 0 Å². The van der Waals surface area contributed by atoms with Crippen LogP contribution >= 0.6 is 0 Å². The van der Waals surface area contributed by atoms with Crippen LogP contribution < -0.4 is 0 Å². The average molecular weight is 348 g/mol. The van der Waals surface area contributed by atoms with Crippen molar-refractivity contribution in [2.75, 3.05) is 20.1 Å². The Morgan fingerprint density at radius 1 is 0.923 bits per heavy atom. The fraction of sp³-hybridized carbons (Fsp3) is 0.391. The highest BCUT2D eigenvalue weighted by molar-refractivity contribution is 5.83. The molecule has 3 heteroatoms. The first-order valence-corrected chi connectivity index (χ1v) is 9.74. The number of rotatable bonds is 6. The highest BCUT2D eigenvalue weighted by Crippen LogP contribution is 2.22. The van der Waals surface area contributed by atoms with E-state index in [-0.39, 0.29) is 0 Å². The van der Waals surface area contributed by atoms with Crippen LogP contribution in [0.1, 0.15) is 35.2 Å². The van der Waals surface area contributed by atoms with E-state index in [9.17, 15) is 0 Å². The fourth-order valence-electron chi connectivity index (χ4n) is 4.18. The third-order valence-electron chi connectivity index (χ3n) is 5.48. The summed E-state index contributed by atoms with van der Waals surface area (Å²) >= 11 is 0. The number of fused-ring (bicyclic) bond motifs is 1. The van der Waals surface area contributed by atoms with Gasteiger partial charge in [-0.1, -0.05) is 36.4 Å². The molecule has 2 aromatic carbocycles. The summed E-state index contributed by atoms with van der Waals surface area (Å²) in [6.45, 7) is 7.67. The first-order valence-electron chi connectivity index (χ1n) is 9.74. The van der Waals surface area contributed by atoms with E-state index in [1.165, 1.54) is 59.2 Å². The van der Waals surface area contributed by atoms with Gasteiger partial charge in [0, 0.05) is 36.2 Å². The highest BCUT2D eigenvalue weighted by Gasteiger charge is 2.14. The zero-order valence-electron chi connectivity index (χ0n) is 16.0. The molecule has 1 fully saturated rings. The summed E-state index contributed by atoms with van der Waals surface area (Å²) in [5.74, 6) is 0. The van der Waals surface area contributed by atoms with Crippen molar-refractivity contribution in [1.82, 2.24) is 14.8 Å². The molecule has 1 aliphatic heterocycles. The van der Waals surface area contributed by atoms with Gasteiger partial charge in [-0.15, -0.1) is 0 Å². The zero-order valence-corrected chi connectivity index (χ0v) is 16.0. The summed E-state index contributed by atoms with van der Waals surface area (Å²) in [6.07, 6.45) is 2.70. The Morgan fingerprint density at radius 2 is 1.62 bits per heavy atom. The normalized spacial score (nSPS) is 15.3. The SMILES string of the molecule is Cc1cc2c(CN(C)Cc3ccccc3CN3CCCC3)cccc2[nH]1. The zero-order chi connectivity index (χ0) is 17.9. The summed E-state index contributed by atoms with van der Waals surface area (Å²) < 4.78 is 0. The van der Waals surface area contributed by atoms with Gasteiger partial charge < -0.3 is 4.98 Å². The molecule has 4 rings (SSSR count). The van der Waals surface area contributed by atoms with Crippen LogP contribution in [0.15, 0.2) is 48.5 Å². The number of hydrogen-bond acceptors (Lipinski definition) is 2. The Bertz CT molecular complexity index is 874. The van der Waals surface area contributed by atoms with Crippen LogP contribution in [0.4, 0.5) is 0 Å². The molecule has 0 amide bonds. The van der Waals surface area contributed by atoms with Gasteiger partial charge in [0.15, 0.2) is 0 Å². The second-order valence-corrected chi connectivity index (χ2v) is 7.75. The van der Waals surface area contributed by atoms with Gasteiger partial charge in [-0.2, -0.15) is 0 Å². The molecule has 0 bridgehead atoms. The van der Waals surface area contributed by atoms with Crippen LogP contribution in [0.25, 0.3) is 10.9 Å². The molecular weight excluding hydrogens is 318 g/mol. The summed E-state index contributed by atoms with van der Waals surface area (Å²) in [5, 5.41) is 1.35. The lowest BCUT2D eigenvalue weighted by Crippen LogP contribution is -2.22. The van der Waals surface area contributed by atoms with Gasteiger partial charge in [0.2, 0.25) is 0 Å². The molecule has 1 aromatic heterocycles. The molecule has 0 aliphatic carbocycles. The van der Waals surface area contributed by atoms with Crippen molar-refractivity contribution in [2.24, 2.45) is 0 Å². The van der Waals surface area contributed by atoms with E-state index in [1.54, 1.807) is 0 Å². The highest BCUT2D eigenvalue weighted by atomic mass is 15.1. The predicted molar refractivity (Wildman–Crippen MR) is 109 cm³/mol. The second-order valence-electron chi connectivity index (χ2n) is 7.75. The average Bonchev–Trinajstić information content (AvgIpc) is 3.26. The van der Waals surface area contributed by atoms with Gasteiger partial charge in [-0.3, -0.25) is 9.80 Å². The Labute approximate surface area is 156 Å². The smallest absolute Gasteiger partial charge is 0.0459 e. The van der Waals surface area contributed by atoms with Crippen LogP contribution in [0.5, 0.6) is 0 Å². The quantitative estimate of drug-likeness (QED) is 0.698. The molecular formula is C23H29N3. The number of H-pyrrole nitrogens is 1. The van der Waals surface area contributed by atoms with E-state index in [0.717, 1.165) is 19.6 Å². The molecule has 3 aromatic rings. The number of aromatic nitrogens is 1. The lowest BCUT2D eigenvalue weighted by Gasteiger charge is -2.22. The molecule has 0 atom stereocenters. The number of aromatic amines is 1. The first-order chi connectivity index (χ1) is 12.7. The molecule has 0 unspecified atom stereocenters. The minimum absolute atomic E-state index is 0.965. The van der Waals surface area contributed by atoms with Crippen molar-refractivity contribution in [3.63, 3.8) is 0 Å². The van der Waals surface area contributed by atoms with Crippen molar-refractivity contribution < 1.29 is 0 Å². The molecule has 3 nitrogen and oxygen atoms in total. The van der Waals surface area contributed by atoms with E-state index in [1.807, 2.05) is 0 Å². The molecule has 26 heavy (non-hydrogen) atoms. The van der Waals surface area contributed by atoms with E-state index in [0.29, 0.717) is 0 Å². The van der Waals surface area contributed by atoms with Crippen LogP contribution in [0.3, 0.4) is 0 Å². The largest absolute Gasteiger partial charge is 0.359 e. The Hall–Kier alpha value is -2.10. The van der Waals surface area contributed by atoms with Crippen LogP contribution in [0.2, 0.25) is 0 Å². The molecule has 0 radical (unpaired) electrons. The monoisotopic (exact) mass is 347 g/mol. The van der Waals surface area contributed by atoms with Gasteiger partial charge >= 0.3 is 0 Å². The molecule has 136 valence electrons. The summed E-state index contributed by atoms with van der Waals surface area (Å²) in [5.41, 5.74) is 6.80. The maximum absolute atomic E-state index is 3.45. The molecule has 0 saturated carbocycles. The van der Waals surface area contributed by atoms with Crippen LogP contribution in [-0.2, 0) is 19.6 Å². The van der Waals surface area contributed by atoms with Crippen molar-refractivity contribution in [3.05, 3.63) is 70.9 Å². The topological polar surface area (TPSA) is 22.3 Å². The standard InChI is InChI=1S/C23H29N3/c1-18-14-22-21(10-7-11-23(22)24-18)16-25(2)15-19-8-3-4-9-20(19)17-26-12-5-6-13-26/h3-4,7-11,14,24H,5-6,12-13,15-17H2,1-2H3. The van der Waals surface area contributed by atoms with E-state index >= 15 is 0 Å². The summed E-state index contributed by atoms with van der Waals surface area (Å²) in [4.78, 5) is 8.46. The van der Waals surface area contributed by atoms with Gasteiger partial charge in [-0.05, 0) is 68.7 Å². The fourth-order valence-corrected chi connectivity index (χ4v) is 4.18. The summed E-state index contributed by atoms with van der Waals surface area (Å²) in [6, 6.07) is 17.8. The van der Waals surface area contributed by atoms with Crippen LogP contribution in [0, 0.1) is 6.92 Å². The molecule has 1 aliphatic rings. The summed E-state index contributed by atoms with van der Waals surface area (Å²) in [7, 11) is 2.23. The van der Waals surface area contributed by atoms with Crippen LogP contribution in [-0.4, -0.2) is 34.9 Å². The minimum Gasteiger partial charge on any atom is -0.359 e.